The third-order valence-corrected chi connectivity index (χ3v) is 4.25. The normalized spacial score (nSPS) is 11.6. The SMILES string of the molecule is COc1ccc(S(=O)(=O)NCc2ncn(C)n2)cc1CN. The van der Waals surface area contributed by atoms with Crippen molar-refractivity contribution in [2.24, 2.45) is 12.8 Å². The summed E-state index contributed by atoms with van der Waals surface area (Å²) in [6, 6.07) is 4.54. The Kier molecular flexibility index (Phi) is 4.56. The molecule has 1 aromatic heterocycles. The summed E-state index contributed by atoms with van der Waals surface area (Å²) in [6.07, 6.45) is 1.50. The molecule has 3 N–H and O–H groups in total. The highest BCUT2D eigenvalue weighted by molar-refractivity contribution is 7.89. The van der Waals surface area contributed by atoms with Crippen molar-refractivity contribution < 1.29 is 13.2 Å². The van der Waals surface area contributed by atoms with Crippen LogP contribution >= 0.6 is 0 Å². The molecule has 1 aromatic carbocycles. The van der Waals surface area contributed by atoms with Crippen LogP contribution in [0, 0.1) is 0 Å². The van der Waals surface area contributed by atoms with E-state index in [9.17, 15) is 8.42 Å². The third kappa shape index (κ3) is 3.57. The Labute approximate surface area is 123 Å². The molecule has 0 bridgehead atoms. The van der Waals surface area contributed by atoms with Crippen LogP contribution in [-0.2, 0) is 30.2 Å². The summed E-state index contributed by atoms with van der Waals surface area (Å²) in [5, 5.41) is 4.01. The molecule has 0 radical (unpaired) electrons. The van der Waals surface area contributed by atoms with Crippen LogP contribution < -0.4 is 15.2 Å². The lowest BCUT2D eigenvalue weighted by Crippen LogP contribution is -2.24. The first kappa shape index (κ1) is 15.4. The van der Waals surface area contributed by atoms with Crippen molar-refractivity contribution in [3.63, 3.8) is 0 Å². The zero-order valence-corrected chi connectivity index (χ0v) is 12.6. The van der Waals surface area contributed by atoms with Gasteiger partial charge in [0.15, 0.2) is 5.82 Å². The maximum Gasteiger partial charge on any atom is 0.240 e. The van der Waals surface area contributed by atoms with Gasteiger partial charge in [0.05, 0.1) is 18.6 Å². The average Bonchev–Trinajstić information content (AvgIpc) is 2.90. The molecular formula is C12H17N5O3S. The van der Waals surface area contributed by atoms with Crippen LogP contribution in [0.5, 0.6) is 5.75 Å². The van der Waals surface area contributed by atoms with E-state index >= 15 is 0 Å². The number of hydrogen-bond donors (Lipinski definition) is 2. The van der Waals surface area contributed by atoms with Crippen molar-refractivity contribution in [1.82, 2.24) is 19.5 Å². The lowest BCUT2D eigenvalue weighted by atomic mass is 10.2. The fraction of sp³-hybridized carbons (Fsp3) is 0.333. The molecule has 21 heavy (non-hydrogen) atoms. The van der Waals surface area contributed by atoms with Crippen LogP contribution in [0.1, 0.15) is 11.4 Å². The molecule has 0 aliphatic carbocycles. The number of benzene rings is 1. The van der Waals surface area contributed by atoms with Crippen LogP contribution in [-0.4, -0.2) is 30.3 Å². The van der Waals surface area contributed by atoms with E-state index in [0.29, 0.717) is 17.1 Å². The van der Waals surface area contributed by atoms with Gasteiger partial charge in [0.1, 0.15) is 12.1 Å². The number of nitrogens with zero attached hydrogens (tertiary/aromatic N) is 3. The zero-order chi connectivity index (χ0) is 15.5. The van der Waals surface area contributed by atoms with Crippen LogP contribution in [0.3, 0.4) is 0 Å². The van der Waals surface area contributed by atoms with Gasteiger partial charge in [0, 0.05) is 19.2 Å². The second-order valence-corrected chi connectivity index (χ2v) is 6.10. The van der Waals surface area contributed by atoms with E-state index in [0.717, 1.165) is 0 Å². The van der Waals surface area contributed by atoms with Gasteiger partial charge in [-0.2, -0.15) is 5.10 Å². The Balaban J connectivity index is 2.19. The fourth-order valence-electron chi connectivity index (χ4n) is 1.79. The summed E-state index contributed by atoms with van der Waals surface area (Å²) >= 11 is 0. The van der Waals surface area contributed by atoms with Crippen molar-refractivity contribution in [1.29, 1.82) is 0 Å². The average molecular weight is 311 g/mol. The van der Waals surface area contributed by atoms with Crippen molar-refractivity contribution in [2.45, 2.75) is 18.0 Å². The molecule has 2 aromatic rings. The first-order valence-electron chi connectivity index (χ1n) is 6.17. The summed E-state index contributed by atoms with van der Waals surface area (Å²) in [6.45, 7) is 0.210. The van der Waals surface area contributed by atoms with Crippen molar-refractivity contribution in [2.75, 3.05) is 7.11 Å². The lowest BCUT2D eigenvalue weighted by Gasteiger charge is -2.10. The number of aromatic nitrogens is 3. The molecular weight excluding hydrogens is 294 g/mol. The van der Waals surface area contributed by atoms with Gasteiger partial charge in [0.2, 0.25) is 10.0 Å². The molecule has 0 unspecified atom stereocenters. The smallest absolute Gasteiger partial charge is 0.240 e. The van der Waals surface area contributed by atoms with E-state index in [4.69, 9.17) is 10.5 Å². The molecule has 0 atom stereocenters. The molecule has 0 fully saturated rings. The summed E-state index contributed by atoms with van der Waals surface area (Å²) < 4.78 is 33.5. The summed E-state index contributed by atoms with van der Waals surface area (Å²) in [5.74, 6) is 0.955. The Bertz CT molecular complexity index is 726. The first-order valence-corrected chi connectivity index (χ1v) is 7.65. The van der Waals surface area contributed by atoms with Gasteiger partial charge in [-0.05, 0) is 18.2 Å². The van der Waals surface area contributed by atoms with E-state index in [1.54, 1.807) is 13.1 Å². The van der Waals surface area contributed by atoms with Crippen molar-refractivity contribution in [3.8, 4) is 5.75 Å². The first-order chi connectivity index (χ1) is 9.96. The van der Waals surface area contributed by atoms with E-state index in [2.05, 4.69) is 14.8 Å². The molecule has 0 spiro atoms. The van der Waals surface area contributed by atoms with Gasteiger partial charge in [-0.25, -0.2) is 18.1 Å². The monoisotopic (exact) mass is 311 g/mol. The number of methoxy groups -OCH3 is 1. The Morgan fingerprint density at radius 1 is 1.43 bits per heavy atom. The van der Waals surface area contributed by atoms with Crippen LogP contribution in [0.25, 0.3) is 0 Å². The van der Waals surface area contributed by atoms with Crippen molar-refractivity contribution in [3.05, 3.63) is 35.9 Å². The Morgan fingerprint density at radius 3 is 2.76 bits per heavy atom. The predicted molar refractivity (Wildman–Crippen MR) is 75.9 cm³/mol. The van der Waals surface area contributed by atoms with Gasteiger partial charge in [-0.1, -0.05) is 0 Å². The number of sulfonamides is 1. The van der Waals surface area contributed by atoms with E-state index < -0.39 is 10.0 Å². The van der Waals surface area contributed by atoms with E-state index in [1.165, 1.54) is 30.3 Å². The minimum atomic E-state index is -3.66. The van der Waals surface area contributed by atoms with E-state index in [-0.39, 0.29) is 18.0 Å². The predicted octanol–water partition coefficient (Wildman–Crippen LogP) is -0.239. The van der Waals surface area contributed by atoms with Gasteiger partial charge in [-0.3, -0.25) is 4.68 Å². The standard InChI is InChI=1S/C12H17N5O3S/c1-17-8-14-12(16-17)7-15-21(18,19)10-3-4-11(20-2)9(5-10)6-13/h3-5,8,15H,6-7,13H2,1-2H3. The van der Waals surface area contributed by atoms with E-state index in [1.807, 2.05) is 0 Å². The number of nitrogens with two attached hydrogens (primary N) is 1. The largest absolute Gasteiger partial charge is 0.496 e. The van der Waals surface area contributed by atoms with Crippen LogP contribution in [0.15, 0.2) is 29.4 Å². The topological polar surface area (TPSA) is 112 Å². The highest BCUT2D eigenvalue weighted by Crippen LogP contribution is 2.21. The molecule has 2 rings (SSSR count). The molecule has 0 amide bonds. The number of ether oxygens (including phenoxy) is 1. The molecule has 9 heteroatoms. The third-order valence-electron chi connectivity index (χ3n) is 2.85. The maximum absolute atomic E-state index is 12.2. The van der Waals surface area contributed by atoms with Crippen molar-refractivity contribution >= 4 is 10.0 Å². The van der Waals surface area contributed by atoms with Gasteiger partial charge < -0.3 is 10.5 Å². The number of aryl methyl sites for hydroxylation is 1. The summed E-state index contributed by atoms with van der Waals surface area (Å²) in [4.78, 5) is 4.08. The lowest BCUT2D eigenvalue weighted by molar-refractivity contribution is 0.409. The van der Waals surface area contributed by atoms with Gasteiger partial charge in [-0.15, -0.1) is 0 Å². The van der Waals surface area contributed by atoms with Crippen LogP contribution in [0.2, 0.25) is 0 Å². The van der Waals surface area contributed by atoms with Gasteiger partial charge >= 0.3 is 0 Å². The Hall–Kier alpha value is -1.97. The molecule has 0 saturated carbocycles. The molecule has 114 valence electrons. The number of hydrogen-bond acceptors (Lipinski definition) is 6. The molecule has 8 nitrogen and oxygen atoms in total. The summed E-state index contributed by atoms with van der Waals surface area (Å²) in [7, 11) is -0.439. The second-order valence-electron chi connectivity index (χ2n) is 4.34. The second kappa shape index (κ2) is 6.20. The number of nitrogens with one attached hydrogen (secondary N) is 1. The molecule has 1 heterocycles. The molecule has 0 aliphatic rings. The molecule has 0 aliphatic heterocycles. The van der Waals surface area contributed by atoms with Gasteiger partial charge in [0.25, 0.3) is 0 Å². The minimum absolute atomic E-state index is 0.0210. The summed E-state index contributed by atoms with van der Waals surface area (Å²) in [5.41, 5.74) is 6.21. The fourth-order valence-corrected chi connectivity index (χ4v) is 2.82. The number of rotatable bonds is 6. The highest BCUT2D eigenvalue weighted by atomic mass is 32.2. The minimum Gasteiger partial charge on any atom is -0.496 e. The highest BCUT2D eigenvalue weighted by Gasteiger charge is 2.16. The Morgan fingerprint density at radius 2 is 2.19 bits per heavy atom. The quantitative estimate of drug-likeness (QED) is 0.761. The van der Waals surface area contributed by atoms with Crippen LogP contribution in [0.4, 0.5) is 0 Å². The zero-order valence-electron chi connectivity index (χ0n) is 11.8. The molecule has 0 saturated heterocycles. The maximum atomic E-state index is 12.2.